The van der Waals surface area contributed by atoms with Gasteiger partial charge in [0.2, 0.25) is 11.6 Å². The van der Waals surface area contributed by atoms with Crippen molar-refractivity contribution < 1.29 is 65.8 Å². The first-order valence-electron chi connectivity index (χ1n) is 22.9. The fourth-order valence-electron chi connectivity index (χ4n) is 9.62. The minimum Gasteiger partial charge on any atom is -0.593 e. The summed E-state index contributed by atoms with van der Waals surface area (Å²) in [4.78, 5) is 15.8. The maximum atomic E-state index is 14.1. The number of carbonyl (C=O) groups is 1. The first-order chi connectivity index (χ1) is 34.0. The summed E-state index contributed by atoms with van der Waals surface area (Å²) in [6, 6.07) is 14.0. The average Bonchev–Trinajstić information content (AvgIpc) is 3.64. The van der Waals surface area contributed by atoms with Gasteiger partial charge in [0.05, 0.1) is 33.2 Å². The molecule has 0 saturated carbocycles. The summed E-state index contributed by atoms with van der Waals surface area (Å²) >= 11 is -1.63. The summed E-state index contributed by atoms with van der Waals surface area (Å²) in [5.74, 6) is -1.25. The van der Waals surface area contributed by atoms with Crippen molar-refractivity contribution >= 4 is 96.4 Å². The quantitative estimate of drug-likeness (QED) is 0.00748. The fourth-order valence-corrected chi connectivity index (χ4v) is 13.1. The van der Waals surface area contributed by atoms with Crippen molar-refractivity contribution in [2.24, 2.45) is 5.11 Å². The Labute approximate surface area is 428 Å². The molecule has 0 fully saturated rings. The van der Waals surface area contributed by atoms with Crippen LogP contribution < -0.4 is 10.2 Å². The van der Waals surface area contributed by atoms with Gasteiger partial charge in [-0.1, -0.05) is 55.4 Å². The Morgan fingerprint density at radius 1 is 0.822 bits per heavy atom. The van der Waals surface area contributed by atoms with Crippen molar-refractivity contribution in [2.75, 3.05) is 56.2 Å². The number of nitrogens with one attached hydrogen (secondary N) is 1. The van der Waals surface area contributed by atoms with Crippen molar-refractivity contribution in [3.05, 3.63) is 112 Å². The molecule has 2 heterocycles. The molecule has 0 radical (unpaired) electrons. The molecular weight excluding hydrogens is 1050 g/mol. The number of anilines is 1. The molecule has 2 aliphatic rings. The molecule has 394 valence electrons. The first-order valence-corrected chi connectivity index (χ1v) is 30.1. The monoisotopic (exact) mass is 1100 g/mol. The van der Waals surface area contributed by atoms with E-state index in [0.717, 1.165) is 33.8 Å². The Hall–Kier alpha value is -5.22. The second kappa shape index (κ2) is 22.3. The van der Waals surface area contributed by atoms with Crippen LogP contribution in [0.25, 0.3) is 32.0 Å². The van der Waals surface area contributed by atoms with Crippen LogP contribution in [0.15, 0.2) is 110 Å². The van der Waals surface area contributed by atoms with Crippen molar-refractivity contribution in [1.29, 1.82) is 0 Å². The van der Waals surface area contributed by atoms with E-state index in [1.54, 1.807) is 66.5 Å². The largest absolute Gasteiger partial charge is 0.593 e. The molecule has 4 aromatic rings. The number of carbonyl (C=O) groups excluding carboxylic acids is 1. The topological polar surface area (TPSA) is 328 Å². The van der Waals surface area contributed by atoms with Crippen LogP contribution in [-0.4, -0.2) is 128 Å². The summed E-state index contributed by atoms with van der Waals surface area (Å²) in [5, 5.41) is 7.81. The number of hydrogen-bond donors (Lipinski definition) is 5. The third kappa shape index (κ3) is 13.2. The summed E-state index contributed by atoms with van der Waals surface area (Å²) in [7, 11) is -17.0. The molecule has 26 heteroatoms. The second-order valence-corrected chi connectivity index (χ2v) is 26.1. The normalized spacial score (nSPS) is 16.8. The molecule has 1 amide bonds. The molecule has 0 spiro atoms. The number of nitrogens with zero attached hydrogens (tertiary/aromatic N) is 6. The minimum atomic E-state index is -5.02. The highest BCUT2D eigenvalue weighted by atomic mass is 32.2. The highest BCUT2D eigenvalue weighted by Gasteiger charge is 2.46. The van der Waals surface area contributed by atoms with Crippen LogP contribution in [0.1, 0.15) is 70.9 Å². The van der Waals surface area contributed by atoms with Crippen molar-refractivity contribution in [3.63, 3.8) is 0 Å². The molecule has 2 aliphatic heterocycles. The van der Waals surface area contributed by atoms with Gasteiger partial charge in [0.25, 0.3) is 40.5 Å². The number of azide groups is 1. The number of fused-ring (bicyclic) bond motifs is 6. The summed E-state index contributed by atoms with van der Waals surface area (Å²) < 4.78 is 154. The van der Waals surface area contributed by atoms with Crippen molar-refractivity contribution in [3.8, 4) is 0 Å². The van der Waals surface area contributed by atoms with E-state index in [4.69, 9.17) is 5.53 Å². The zero-order chi connectivity index (χ0) is 53.9. The van der Waals surface area contributed by atoms with Gasteiger partial charge in [-0.2, -0.15) is 38.2 Å². The summed E-state index contributed by atoms with van der Waals surface area (Å²) in [6.07, 6.45) is 9.97. The molecule has 73 heavy (non-hydrogen) atoms. The lowest BCUT2D eigenvalue weighted by atomic mass is 9.79. The minimum absolute atomic E-state index is 0.0324. The average molecular weight is 1110 g/mol. The van der Waals surface area contributed by atoms with Crippen LogP contribution in [0.2, 0.25) is 0 Å². The lowest BCUT2D eigenvalue weighted by Gasteiger charge is -2.27. The number of amides is 1. The molecule has 1 unspecified atom stereocenters. The Morgan fingerprint density at radius 3 is 2.16 bits per heavy atom. The maximum Gasteiger partial charge on any atom is 0.295 e. The van der Waals surface area contributed by atoms with Gasteiger partial charge < -0.3 is 14.8 Å². The van der Waals surface area contributed by atoms with Crippen molar-refractivity contribution in [2.45, 2.75) is 85.3 Å². The molecule has 5 N–H and O–H groups in total. The highest BCUT2D eigenvalue weighted by molar-refractivity contribution is 7.89. The zero-order valence-corrected chi connectivity index (χ0v) is 44.7. The van der Waals surface area contributed by atoms with Crippen LogP contribution in [0.4, 0.5) is 11.4 Å². The molecule has 0 aromatic heterocycles. The van der Waals surface area contributed by atoms with Gasteiger partial charge in [0.1, 0.15) is 11.4 Å². The van der Waals surface area contributed by atoms with E-state index in [1.165, 1.54) is 6.07 Å². The standard InChI is InChI=1S/C47H57N7O14S5/c1-46(2)41(53(26-12-28-70(57,58)59)37-21-19-33-35(44(37)46)14-9-15-39(33)69(56)52(5)25-10-18-43(55)49-23-11-24-50-51-48)16-7-6-8-17-42-47(3,4)45-36-30-32(72(63,64)65)31-40(73(66,67)68)34(36)20-22-38(45)54(42)27-13-29-71(60,61)62/h6-9,14-17,19-22,30-31H,10-13,18,23-29H2,1-5H3,(H4-,49,55,57,58,59,60,61,62,63,64,65,66,67,68)/p+1. The Kier molecular flexibility index (Phi) is 17.4. The maximum absolute atomic E-state index is 14.1. The summed E-state index contributed by atoms with van der Waals surface area (Å²) in [6.45, 7) is 8.79. The smallest absolute Gasteiger partial charge is 0.295 e. The number of allylic oxidation sites excluding steroid dienone is 6. The molecule has 4 aromatic carbocycles. The molecular formula is C47H58N7O14S5+. The van der Waals surface area contributed by atoms with Crippen molar-refractivity contribution in [1.82, 2.24) is 9.62 Å². The Balaban J connectivity index is 1.35. The van der Waals surface area contributed by atoms with E-state index in [9.17, 15) is 61.2 Å². The Morgan fingerprint density at radius 2 is 1.51 bits per heavy atom. The predicted octanol–water partition coefficient (Wildman–Crippen LogP) is 6.76. The number of rotatable bonds is 23. The second-order valence-electron chi connectivity index (χ2n) is 18.6. The molecule has 21 nitrogen and oxygen atoms in total. The van der Waals surface area contributed by atoms with Crippen LogP contribution in [0, 0.1) is 0 Å². The van der Waals surface area contributed by atoms with Crippen LogP contribution in [-0.2, 0) is 67.5 Å². The molecule has 0 bridgehead atoms. The molecule has 6 rings (SSSR count). The van der Waals surface area contributed by atoms with E-state index < -0.39 is 84.0 Å². The van der Waals surface area contributed by atoms with Crippen LogP contribution in [0.3, 0.4) is 0 Å². The van der Waals surface area contributed by atoms with Gasteiger partial charge >= 0.3 is 0 Å². The number of benzene rings is 4. The number of hydrogen-bond acceptors (Lipinski definition) is 13. The van der Waals surface area contributed by atoms with Gasteiger partial charge in [-0.15, -0.1) is 4.31 Å². The van der Waals surface area contributed by atoms with Crippen LogP contribution in [0.5, 0.6) is 0 Å². The first kappa shape index (κ1) is 57.1. The Bertz CT molecular complexity index is 3480. The van der Waals surface area contributed by atoms with E-state index in [0.29, 0.717) is 53.8 Å². The zero-order valence-electron chi connectivity index (χ0n) is 40.7. The molecule has 0 saturated heterocycles. The van der Waals surface area contributed by atoms with E-state index in [1.807, 2.05) is 48.8 Å². The highest BCUT2D eigenvalue weighted by Crippen LogP contribution is 2.52. The van der Waals surface area contributed by atoms with E-state index >= 15 is 0 Å². The van der Waals surface area contributed by atoms with Gasteiger partial charge in [0, 0.05) is 96.3 Å². The lowest BCUT2D eigenvalue weighted by Crippen LogP contribution is -2.30. The third-order valence-corrected chi connectivity index (χ3v) is 17.6. The molecule has 0 aliphatic carbocycles. The van der Waals surface area contributed by atoms with Crippen LogP contribution >= 0.6 is 0 Å². The predicted molar refractivity (Wildman–Crippen MR) is 279 cm³/mol. The van der Waals surface area contributed by atoms with Gasteiger partial charge in [-0.05, 0) is 91.4 Å². The van der Waals surface area contributed by atoms with E-state index in [-0.39, 0.29) is 55.6 Å². The van der Waals surface area contributed by atoms with Gasteiger partial charge in [-0.3, -0.25) is 23.0 Å². The third-order valence-electron chi connectivity index (χ3n) is 12.8. The van der Waals surface area contributed by atoms with E-state index in [2.05, 4.69) is 15.3 Å². The fraction of sp³-hybridized carbons (Fsp3) is 0.404. The molecule has 1 atom stereocenters. The SMILES string of the molecule is CN(CCCC(=O)NCCCN=[N+]=[N-])[S+]([O-])c1cccc2c3c(ccc12)[N+](CCCS(=O)(=O)O)=C(/C=C/C=C/C=C1/N(CCCS(=O)(=O)O)c2ccc4c(S(=O)(=O)O)cc(S(=O)(=O)O)cc4c2C1(C)C)C3(C)C. The lowest BCUT2D eigenvalue weighted by molar-refractivity contribution is -0.437. The van der Waals surface area contributed by atoms with Gasteiger partial charge in [-0.25, -0.2) is 0 Å². The summed E-state index contributed by atoms with van der Waals surface area (Å²) in [5.41, 5.74) is 10.4. The van der Waals surface area contributed by atoms with Gasteiger partial charge in [0.15, 0.2) is 10.6 Å².